The van der Waals surface area contributed by atoms with Gasteiger partial charge in [-0.25, -0.2) is 0 Å². The third kappa shape index (κ3) is 6.22. The van der Waals surface area contributed by atoms with Gasteiger partial charge in [-0.3, -0.25) is 9.69 Å². The molecule has 1 atom stereocenters. The smallest absolute Gasteiger partial charge is 0.401 e. The van der Waals surface area contributed by atoms with E-state index in [1.54, 1.807) is 14.0 Å². The number of hydrogen-bond acceptors (Lipinski definition) is 4. The number of ether oxygens (including phenoxy) is 1. The number of unbranched alkanes of at least 4 members (excludes halogenated alkanes) is 1. The van der Waals surface area contributed by atoms with Crippen LogP contribution in [-0.4, -0.2) is 55.9 Å². The van der Waals surface area contributed by atoms with Gasteiger partial charge in [0.25, 0.3) is 0 Å². The fraction of sp³-hybridized carbons (Fsp3) is 0.929. The summed E-state index contributed by atoms with van der Waals surface area (Å²) < 4.78 is 42.2. The van der Waals surface area contributed by atoms with Crippen molar-refractivity contribution in [1.29, 1.82) is 0 Å². The maximum atomic E-state index is 12.5. The van der Waals surface area contributed by atoms with Crippen LogP contribution in [0, 0.1) is 0 Å². The van der Waals surface area contributed by atoms with Gasteiger partial charge in [0.15, 0.2) is 0 Å². The molecule has 21 heavy (non-hydrogen) atoms. The summed E-state index contributed by atoms with van der Waals surface area (Å²) in [5.41, 5.74) is -0.775. The van der Waals surface area contributed by atoms with Gasteiger partial charge < -0.3 is 10.1 Å². The number of carbonyl (C=O) groups is 1. The number of alkyl halides is 3. The second-order valence-electron chi connectivity index (χ2n) is 5.85. The minimum absolute atomic E-state index is 0.0860. The Morgan fingerprint density at radius 3 is 2.38 bits per heavy atom. The molecule has 0 aromatic heterocycles. The highest BCUT2D eigenvalue weighted by atomic mass is 19.4. The van der Waals surface area contributed by atoms with Gasteiger partial charge in [-0.15, -0.1) is 0 Å². The molecule has 0 radical (unpaired) electrons. The second-order valence-corrected chi connectivity index (χ2v) is 5.85. The topological polar surface area (TPSA) is 41.6 Å². The molecule has 1 N–H and O–H groups in total. The number of rotatable bonds is 9. The molecule has 124 valence electrons. The molecule has 1 saturated carbocycles. The highest BCUT2D eigenvalue weighted by molar-refractivity contribution is 5.80. The predicted molar refractivity (Wildman–Crippen MR) is 74.0 cm³/mol. The van der Waals surface area contributed by atoms with Crippen molar-refractivity contribution in [3.63, 3.8) is 0 Å². The van der Waals surface area contributed by atoms with Crippen molar-refractivity contribution in [3.8, 4) is 0 Å². The molecule has 4 nitrogen and oxygen atoms in total. The third-order valence-electron chi connectivity index (χ3n) is 4.01. The third-order valence-corrected chi connectivity index (χ3v) is 4.01. The van der Waals surface area contributed by atoms with Crippen molar-refractivity contribution in [1.82, 2.24) is 10.2 Å². The first-order chi connectivity index (χ1) is 9.72. The Labute approximate surface area is 124 Å². The molecule has 0 saturated heterocycles. The Bertz CT molecular complexity index is 346. The van der Waals surface area contributed by atoms with Crippen molar-refractivity contribution in [3.05, 3.63) is 0 Å². The molecule has 0 aromatic rings. The van der Waals surface area contributed by atoms with Crippen LogP contribution in [-0.2, 0) is 9.53 Å². The van der Waals surface area contributed by atoms with E-state index in [0.717, 1.165) is 12.8 Å². The van der Waals surface area contributed by atoms with Gasteiger partial charge in [-0.05, 0) is 52.6 Å². The minimum atomic E-state index is -4.14. The normalized spacial score (nSPS) is 18.6. The largest absolute Gasteiger partial charge is 0.468 e. The Hall–Kier alpha value is -0.820. The number of esters is 1. The number of halogens is 3. The van der Waals surface area contributed by atoms with Crippen LogP contribution in [0.4, 0.5) is 13.2 Å². The number of likely N-dealkylation sites (N-methyl/N-ethyl adjacent to an activating group) is 1. The van der Waals surface area contributed by atoms with Gasteiger partial charge in [-0.2, -0.15) is 13.2 Å². The highest BCUT2D eigenvalue weighted by Gasteiger charge is 2.38. The molecule has 1 unspecified atom stereocenters. The molecule has 0 bridgehead atoms. The fourth-order valence-corrected chi connectivity index (χ4v) is 2.41. The molecule has 0 amide bonds. The number of methoxy groups -OCH3 is 1. The number of nitrogens with one attached hydrogen (secondary N) is 1. The van der Waals surface area contributed by atoms with Crippen LogP contribution in [0.5, 0.6) is 0 Å². The summed E-state index contributed by atoms with van der Waals surface area (Å²) in [7, 11) is 3.01. The first-order valence-electron chi connectivity index (χ1n) is 7.30. The van der Waals surface area contributed by atoms with E-state index in [1.165, 1.54) is 12.0 Å². The quantitative estimate of drug-likeness (QED) is 0.524. The summed E-state index contributed by atoms with van der Waals surface area (Å²) in [6, 6.07) is 0.0860. The van der Waals surface area contributed by atoms with Crippen molar-refractivity contribution >= 4 is 5.97 Å². The van der Waals surface area contributed by atoms with Crippen LogP contribution in [0.1, 0.15) is 39.0 Å². The van der Waals surface area contributed by atoms with Crippen molar-refractivity contribution < 1.29 is 22.7 Å². The van der Waals surface area contributed by atoms with E-state index in [4.69, 9.17) is 4.74 Å². The van der Waals surface area contributed by atoms with Crippen LogP contribution in [0.2, 0.25) is 0 Å². The van der Waals surface area contributed by atoms with Crippen LogP contribution >= 0.6 is 0 Å². The van der Waals surface area contributed by atoms with Gasteiger partial charge in [0.1, 0.15) is 5.54 Å². The molecule has 0 heterocycles. The summed E-state index contributed by atoms with van der Waals surface area (Å²) >= 11 is 0. The lowest BCUT2D eigenvalue weighted by atomic mass is 9.95. The van der Waals surface area contributed by atoms with Crippen molar-refractivity contribution in [2.24, 2.45) is 0 Å². The Morgan fingerprint density at radius 1 is 1.33 bits per heavy atom. The van der Waals surface area contributed by atoms with Crippen LogP contribution in [0.25, 0.3) is 0 Å². The lowest BCUT2D eigenvalue weighted by molar-refractivity contribution is -0.148. The molecule has 0 aliphatic heterocycles. The molecule has 1 rings (SSSR count). The molecule has 1 fully saturated rings. The average molecular weight is 310 g/mol. The first-order valence-corrected chi connectivity index (χ1v) is 7.30. The zero-order valence-electron chi connectivity index (χ0n) is 12.9. The maximum absolute atomic E-state index is 12.5. The van der Waals surface area contributed by atoms with E-state index in [-0.39, 0.29) is 12.0 Å². The van der Waals surface area contributed by atoms with E-state index < -0.39 is 18.3 Å². The van der Waals surface area contributed by atoms with Crippen LogP contribution in [0.3, 0.4) is 0 Å². The zero-order valence-corrected chi connectivity index (χ0v) is 12.9. The van der Waals surface area contributed by atoms with Gasteiger partial charge in [0.05, 0.1) is 13.7 Å². The summed E-state index contributed by atoms with van der Waals surface area (Å²) in [5.74, 6) is -0.348. The minimum Gasteiger partial charge on any atom is -0.468 e. The molecular formula is C14H25F3N2O2. The molecule has 0 spiro atoms. The fourth-order valence-electron chi connectivity index (χ4n) is 2.41. The van der Waals surface area contributed by atoms with E-state index in [9.17, 15) is 18.0 Å². The van der Waals surface area contributed by atoms with E-state index in [1.807, 2.05) is 0 Å². The SMILES string of the molecule is CNC(C)(CCCCN(CC(F)(F)F)C1CC1)C(=O)OC. The Morgan fingerprint density at radius 2 is 1.95 bits per heavy atom. The first kappa shape index (κ1) is 18.2. The lowest BCUT2D eigenvalue weighted by Crippen LogP contribution is -2.48. The zero-order chi connectivity index (χ0) is 16.1. The van der Waals surface area contributed by atoms with Gasteiger partial charge in [0, 0.05) is 6.04 Å². The predicted octanol–water partition coefficient (Wildman–Crippen LogP) is 2.33. The van der Waals surface area contributed by atoms with Gasteiger partial charge >= 0.3 is 12.1 Å². The number of carbonyl (C=O) groups excluding carboxylic acids is 1. The van der Waals surface area contributed by atoms with Crippen molar-refractivity contribution in [2.45, 2.75) is 56.8 Å². The van der Waals surface area contributed by atoms with E-state index in [0.29, 0.717) is 25.8 Å². The molecule has 7 heteroatoms. The maximum Gasteiger partial charge on any atom is 0.401 e. The highest BCUT2D eigenvalue weighted by Crippen LogP contribution is 2.30. The molecular weight excluding hydrogens is 285 g/mol. The molecule has 1 aliphatic carbocycles. The van der Waals surface area contributed by atoms with Gasteiger partial charge in [-0.1, -0.05) is 0 Å². The van der Waals surface area contributed by atoms with E-state index >= 15 is 0 Å². The van der Waals surface area contributed by atoms with Crippen LogP contribution in [0.15, 0.2) is 0 Å². The summed E-state index contributed by atoms with van der Waals surface area (Å²) in [4.78, 5) is 13.2. The molecule has 0 aromatic carbocycles. The average Bonchev–Trinajstić information content (AvgIpc) is 3.24. The second kappa shape index (κ2) is 7.45. The number of nitrogens with zero attached hydrogens (tertiary/aromatic N) is 1. The Balaban J connectivity index is 2.35. The van der Waals surface area contributed by atoms with Crippen LogP contribution < -0.4 is 5.32 Å². The van der Waals surface area contributed by atoms with E-state index in [2.05, 4.69) is 5.32 Å². The monoisotopic (exact) mass is 310 g/mol. The number of hydrogen-bond donors (Lipinski definition) is 1. The standard InChI is InChI=1S/C14H25F3N2O2/c1-13(18-2,12(20)21-3)8-4-5-9-19(11-6-7-11)10-14(15,16)17/h11,18H,4-10H2,1-3H3. The lowest BCUT2D eigenvalue weighted by Gasteiger charge is -2.27. The molecule has 1 aliphatic rings. The van der Waals surface area contributed by atoms with Crippen molar-refractivity contribution in [2.75, 3.05) is 27.2 Å². The van der Waals surface area contributed by atoms with Gasteiger partial charge in [0.2, 0.25) is 0 Å². The summed E-state index contributed by atoms with van der Waals surface area (Å²) in [6.45, 7) is 1.33. The summed E-state index contributed by atoms with van der Waals surface area (Å²) in [6.07, 6.45) is -0.581. The Kier molecular flexibility index (Phi) is 6.46. The summed E-state index contributed by atoms with van der Waals surface area (Å²) in [5, 5.41) is 2.92.